The van der Waals surface area contributed by atoms with Crippen LogP contribution in [0.2, 0.25) is 5.02 Å². The Labute approximate surface area is 109 Å². The van der Waals surface area contributed by atoms with Gasteiger partial charge in [-0.25, -0.2) is 9.97 Å². The van der Waals surface area contributed by atoms with Crippen molar-refractivity contribution in [2.45, 2.75) is 23.5 Å². The van der Waals surface area contributed by atoms with Crippen molar-refractivity contribution in [3.8, 4) is 0 Å². The van der Waals surface area contributed by atoms with Gasteiger partial charge in [0.25, 0.3) is 0 Å². The van der Waals surface area contributed by atoms with E-state index >= 15 is 0 Å². The van der Waals surface area contributed by atoms with Crippen molar-refractivity contribution in [2.75, 3.05) is 0 Å². The summed E-state index contributed by atoms with van der Waals surface area (Å²) >= 11 is 7.53. The fourth-order valence-electron chi connectivity index (χ4n) is 1.38. The van der Waals surface area contributed by atoms with Gasteiger partial charge in [0.1, 0.15) is 0 Å². The second-order valence-electron chi connectivity index (χ2n) is 3.52. The zero-order valence-corrected chi connectivity index (χ0v) is 10.9. The summed E-state index contributed by atoms with van der Waals surface area (Å²) in [6.07, 6.45) is 0. The second kappa shape index (κ2) is 5.49. The van der Waals surface area contributed by atoms with Crippen LogP contribution in [0.15, 0.2) is 40.4 Å². The van der Waals surface area contributed by atoms with Gasteiger partial charge >= 0.3 is 0 Å². The first-order chi connectivity index (χ1) is 8.19. The number of aryl methyl sites for hydroxylation is 1. The van der Waals surface area contributed by atoms with E-state index < -0.39 is 0 Å². The third-order valence-corrected chi connectivity index (χ3v) is 3.52. The smallest absolute Gasteiger partial charge is 0.192 e. The lowest BCUT2D eigenvalue weighted by Gasteiger charge is -2.05. The minimum atomic E-state index is 0.416. The number of nitrogens with two attached hydrogens (primary N) is 1. The number of aromatic nitrogens is 2. The molecule has 3 nitrogen and oxygen atoms in total. The molecule has 2 N–H and O–H groups in total. The normalized spacial score (nSPS) is 10.5. The lowest BCUT2D eigenvalue weighted by atomic mass is 10.3. The SMILES string of the molecule is Cc1cc(CN)nc(Sc2ccccc2Cl)n1. The van der Waals surface area contributed by atoms with Crippen LogP contribution in [0.3, 0.4) is 0 Å². The van der Waals surface area contributed by atoms with Crippen LogP contribution in [0.1, 0.15) is 11.4 Å². The van der Waals surface area contributed by atoms with E-state index in [1.54, 1.807) is 0 Å². The zero-order valence-electron chi connectivity index (χ0n) is 9.35. The first-order valence-electron chi connectivity index (χ1n) is 5.16. The molecule has 0 atom stereocenters. The fourth-order valence-corrected chi connectivity index (χ4v) is 2.49. The van der Waals surface area contributed by atoms with Crippen molar-refractivity contribution in [2.24, 2.45) is 5.73 Å². The quantitative estimate of drug-likeness (QED) is 0.867. The van der Waals surface area contributed by atoms with Crippen molar-refractivity contribution in [1.29, 1.82) is 0 Å². The average molecular weight is 266 g/mol. The molecule has 0 spiro atoms. The number of halogens is 1. The molecule has 2 rings (SSSR count). The molecule has 88 valence electrons. The molecule has 0 aliphatic heterocycles. The van der Waals surface area contributed by atoms with Crippen LogP contribution in [0.5, 0.6) is 0 Å². The van der Waals surface area contributed by atoms with E-state index in [0.29, 0.717) is 16.7 Å². The van der Waals surface area contributed by atoms with Crippen LogP contribution < -0.4 is 5.73 Å². The van der Waals surface area contributed by atoms with E-state index in [-0.39, 0.29) is 0 Å². The van der Waals surface area contributed by atoms with Crippen LogP contribution in [0.4, 0.5) is 0 Å². The van der Waals surface area contributed by atoms with Gasteiger partial charge in [-0.3, -0.25) is 0 Å². The van der Waals surface area contributed by atoms with Gasteiger partial charge in [0.15, 0.2) is 5.16 Å². The van der Waals surface area contributed by atoms with Crippen molar-refractivity contribution >= 4 is 23.4 Å². The molecular weight excluding hydrogens is 254 g/mol. The summed E-state index contributed by atoms with van der Waals surface area (Å²) in [6, 6.07) is 9.52. The van der Waals surface area contributed by atoms with Crippen molar-refractivity contribution in [1.82, 2.24) is 9.97 Å². The molecule has 17 heavy (non-hydrogen) atoms. The van der Waals surface area contributed by atoms with Gasteiger partial charge in [-0.1, -0.05) is 23.7 Å². The summed E-state index contributed by atoms with van der Waals surface area (Å²) in [5.41, 5.74) is 7.34. The molecule has 0 unspecified atom stereocenters. The van der Waals surface area contributed by atoms with Crippen molar-refractivity contribution in [3.63, 3.8) is 0 Å². The van der Waals surface area contributed by atoms with E-state index in [2.05, 4.69) is 9.97 Å². The highest BCUT2D eigenvalue weighted by molar-refractivity contribution is 7.99. The topological polar surface area (TPSA) is 51.8 Å². The number of benzene rings is 1. The molecule has 0 aliphatic rings. The van der Waals surface area contributed by atoms with E-state index in [1.807, 2.05) is 37.3 Å². The lowest BCUT2D eigenvalue weighted by Crippen LogP contribution is -2.02. The van der Waals surface area contributed by atoms with Crippen molar-refractivity contribution < 1.29 is 0 Å². The fraction of sp³-hybridized carbons (Fsp3) is 0.167. The molecule has 1 heterocycles. The maximum atomic E-state index is 6.09. The van der Waals surface area contributed by atoms with Gasteiger partial charge in [0, 0.05) is 17.1 Å². The van der Waals surface area contributed by atoms with Crippen molar-refractivity contribution in [3.05, 3.63) is 46.7 Å². The maximum absolute atomic E-state index is 6.09. The molecule has 0 amide bonds. The number of hydrogen-bond donors (Lipinski definition) is 1. The Morgan fingerprint density at radius 2 is 2.06 bits per heavy atom. The first-order valence-corrected chi connectivity index (χ1v) is 6.35. The Kier molecular flexibility index (Phi) is 3.99. The summed E-state index contributed by atoms with van der Waals surface area (Å²) in [5, 5.41) is 1.38. The highest BCUT2D eigenvalue weighted by Gasteiger charge is 2.06. The predicted octanol–water partition coefficient (Wildman–Crippen LogP) is 3.05. The lowest BCUT2D eigenvalue weighted by molar-refractivity contribution is 0.854. The van der Waals surface area contributed by atoms with Gasteiger partial charge in [0.2, 0.25) is 0 Å². The van der Waals surface area contributed by atoms with Crippen LogP contribution in [-0.4, -0.2) is 9.97 Å². The predicted molar refractivity (Wildman–Crippen MR) is 70.2 cm³/mol. The molecule has 0 radical (unpaired) electrons. The highest BCUT2D eigenvalue weighted by Crippen LogP contribution is 2.30. The van der Waals surface area contributed by atoms with Crippen LogP contribution in [0, 0.1) is 6.92 Å². The van der Waals surface area contributed by atoms with Gasteiger partial charge in [-0.05, 0) is 36.9 Å². The van der Waals surface area contributed by atoms with Gasteiger partial charge < -0.3 is 5.73 Å². The van der Waals surface area contributed by atoms with Crippen LogP contribution >= 0.6 is 23.4 Å². The Bertz CT molecular complexity index is 531. The van der Waals surface area contributed by atoms with Gasteiger partial charge in [-0.15, -0.1) is 0 Å². The van der Waals surface area contributed by atoms with Crippen LogP contribution in [-0.2, 0) is 6.54 Å². The van der Waals surface area contributed by atoms with E-state index in [4.69, 9.17) is 17.3 Å². The Hall–Kier alpha value is -1.10. The molecule has 0 bridgehead atoms. The third kappa shape index (κ3) is 3.19. The Balaban J connectivity index is 2.30. The molecule has 0 saturated heterocycles. The molecule has 2 aromatic rings. The maximum Gasteiger partial charge on any atom is 0.192 e. The zero-order chi connectivity index (χ0) is 12.3. The molecule has 1 aromatic heterocycles. The van der Waals surface area contributed by atoms with Gasteiger partial charge in [-0.2, -0.15) is 0 Å². The molecule has 1 aromatic carbocycles. The summed E-state index contributed by atoms with van der Waals surface area (Å²) in [7, 11) is 0. The summed E-state index contributed by atoms with van der Waals surface area (Å²) in [5.74, 6) is 0. The second-order valence-corrected chi connectivity index (χ2v) is 4.94. The number of rotatable bonds is 3. The van der Waals surface area contributed by atoms with E-state index in [1.165, 1.54) is 11.8 Å². The highest BCUT2D eigenvalue weighted by atomic mass is 35.5. The minimum absolute atomic E-state index is 0.416. The monoisotopic (exact) mass is 265 g/mol. The third-order valence-electron chi connectivity index (χ3n) is 2.13. The van der Waals surface area contributed by atoms with Crippen LogP contribution in [0.25, 0.3) is 0 Å². The first kappa shape index (κ1) is 12.4. The van der Waals surface area contributed by atoms with E-state index in [9.17, 15) is 0 Å². The Morgan fingerprint density at radius 1 is 1.29 bits per heavy atom. The number of nitrogens with zero attached hydrogens (tertiary/aromatic N) is 2. The standard InChI is InChI=1S/C12H12ClN3S/c1-8-6-9(7-14)16-12(15-8)17-11-5-3-2-4-10(11)13/h2-6H,7,14H2,1H3. The minimum Gasteiger partial charge on any atom is -0.325 e. The molecule has 0 aliphatic carbocycles. The number of hydrogen-bond acceptors (Lipinski definition) is 4. The largest absolute Gasteiger partial charge is 0.325 e. The molecule has 0 fully saturated rings. The summed E-state index contributed by atoms with van der Waals surface area (Å²) in [4.78, 5) is 9.66. The summed E-state index contributed by atoms with van der Waals surface area (Å²) < 4.78 is 0. The van der Waals surface area contributed by atoms with Gasteiger partial charge in [0.05, 0.1) is 10.7 Å². The molecular formula is C12H12ClN3S. The Morgan fingerprint density at radius 3 is 2.76 bits per heavy atom. The summed E-state index contributed by atoms with van der Waals surface area (Å²) in [6.45, 7) is 2.34. The molecule has 0 saturated carbocycles. The molecule has 5 heteroatoms. The van der Waals surface area contributed by atoms with E-state index in [0.717, 1.165) is 16.3 Å². The average Bonchev–Trinajstić information content (AvgIpc) is 2.31.